The van der Waals surface area contributed by atoms with E-state index in [2.05, 4.69) is 29.6 Å². The minimum absolute atomic E-state index is 0.685. The van der Waals surface area contributed by atoms with E-state index in [-0.39, 0.29) is 0 Å². The first kappa shape index (κ1) is 12.0. The minimum atomic E-state index is 0.685. The molecule has 82 valence electrons. The predicted molar refractivity (Wildman–Crippen MR) is 63.7 cm³/mol. The highest BCUT2D eigenvalue weighted by atomic mass is 16.5. The number of nitrogens with one attached hydrogen (secondary N) is 1. The summed E-state index contributed by atoms with van der Waals surface area (Å²) in [6.45, 7) is 4.29. The van der Waals surface area contributed by atoms with Gasteiger partial charge in [-0.15, -0.1) is 0 Å². The highest BCUT2D eigenvalue weighted by Gasteiger charge is 1.93. The molecule has 0 spiro atoms. The van der Waals surface area contributed by atoms with Crippen molar-refractivity contribution >= 4 is 0 Å². The maximum absolute atomic E-state index is 5.46. The van der Waals surface area contributed by atoms with Crippen LogP contribution in [0.1, 0.15) is 18.1 Å². The van der Waals surface area contributed by atoms with Crippen molar-refractivity contribution in [3.8, 4) is 0 Å². The minimum Gasteiger partial charge on any atom is -0.373 e. The second kappa shape index (κ2) is 7.21. The summed E-state index contributed by atoms with van der Waals surface area (Å²) in [6, 6.07) is 8.49. The van der Waals surface area contributed by atoms with Crippen molar-refractivity contribution < 1.29 is 4.74 Å². The molecular weight excluding hydrogens is 186 g/mol. The largest absolute Gasteiger partial charge is 0.373 e. The van der Waals surface area contributed by atoms with Gasteiger partial charge in [0, 0.05) is 6.54 Å². The second-order valence-electron chi connectivity index (χ2n) is 3.43. The van der Waals surface area contributed by atoms with Crippen molar-refractivity contribution in [3.63, 3.8) is 0 Å². The van der Waals surface area contributed by atoms with Crippen LogP contribution >= 0.6 is 0 Å². The summed E-state index contributed by atoms with van der Waals surface area (Å²) in [7, 11) is 1.95. The third kappa shape index (κ3) is 4.77. The van der Waals surface area contributed by atoms with E-state index in [1.807, 2.05) is 26.1 Å². The summed E-state index contributed by atoms with van der Waals surface area (Å²) >= 11 is 0. The van der Waals surface area contributed by atoms with Crippen molar-refractivity contribution in [2.24, 2.45) is 0 Å². The average Bonchev–Trinajstić information content (AvgIpc) is 2.27. The van der Waals surface area contributed by atoms with Gasteiger partial charge in [-0.1, -0.05) is 36.4 Å². The van der Waals surface area contributed by atoms with E-state index in [0.717, 1.165) is 6.54 Å². The number of allylic oxidation sites excluding steroid dienone is 1. The smallest absolute Gasteiger partial charge is 0.0721 e. The zero-order chi connectivity index (χ0) is 10.9. The molecule has 0 atom stereocenters. The number of rotatable bonds is 6. The molecule has 1 aromatic rings. The highest BCUT2D eigenvalue weighted by Crippen LogP contribution is 2.05. The van der Waals surface area contributed by atoms with Crippen molar-refractivity contribution in [2.75, 3.05) is 13.7 Å². The average molecular weight is 205 g/mol. The molecule has 0 aromatic heterocycles. The summed E-state index contributed by atoms with van der Waals surface area (Å²) in [5.74, 6) is 0. The molecular formula is C13H19NO. The van der Waals surface area contributed by atoms with Crippen molar-refractivity contribution in [1.29, 1.82) is 0 Å². The zero-order valence-electron chi connectivity index (χ0n) is 9.49. The predicted octanol–water partition coefficient (Wildman–Crippen LogP) is 2.50. The van der Waals surface area contributed by atoms with Crippen LogP contribution in [-0.2, 0) is 17.9 Å². The lowest BCUT2D eigenvalue weighted by Crippen LogP contribution is -2.04. The molecule has 0 saturated heterocycles. The van der Waals surface area contributed by atoms with E-state index in [1.54, 1.807) is 0 Å². The summed E-state index contributed by atoms with van der Waals surface area (Å²) in [4.78, 5) is 0. The quantitative estimate of drug-likeness (QED) is 0.569. The van der Waals surface area contributed by atoms with E-state index >= 15 is 0 Å². The lowest BCUT2D eigenvalue weighted by molar-refractivity contribution is 0.148. The first-order chi connectivity index (χ1) is 7.36. The third-order valence-electron chi connectivity index (χ3n) is 2.12. The molecule has 0 aliphatic rings. The van der Waals surface area contributed by atoms with Crippen molar-refractivity contribution in [3.05, 3.63) is 47.5 Å². The van der Waals surface area contributed by atoms with Gasteiger partial charge in [-0.25, -0.2) is 0 Å². The molecule has 1 aromatic carbocycles. The summed E-state index contributed by atoms with van der Waals surface area (Å²) in [5.41, 5.74) is 2.52. The van der Waals surface area contributed by atoms with E-state index in [0.29, 0.717) is 13.2 Å². The molecule has 0 unspecified atom stereocenters. The van der Waals surface area contributed by atoms with Gasteiger partial charge < -0.3 is 10.1 Å². The topological polar surface area (TPSA) is 21.3 Å². The van der Waals surface area contributed by atoms with Gasteiger partial charge in [0.25, 0.3) is 0 Å². The van der Waals surface area contributed by atoms with Gasteiger partial charge in [-0.3, -0.25) is 0 Å². The molecule has 0 radical (unpaired) electrons. The molecule has 1 rings (SSSR count). The van der Waals surface area contributed by atoms with Crippen LogP contribution in [0.15, 0.2) is 36.4 Å². The fraction of sp³-hybridized carbons (Fsp3) is 0.385. The second-order valence-corrected chi connectivity index (χ2v) is 3.43. The lowest BCUT2D eigenvalue weighted by Gasteiger charge is -2.04. The van der Waals surface area contributed by atoms with Gasteiger partial charge in [-0.2, -0.15) is 0 Å². The van der Waals surface area contributed by atoms with Gasteiger partial charge in [0.05, 0.1) is 13.2 Å². The van der Waals surface area contributed by atoms with E-state index < -0.39 is 0 Å². The normalized spacial score (nSPS) is 11.1. The van der Waals surface area contributed by atoms with Crippen LogP contribution < -0.4 is 5.32 Å². The Hall–Kier alpha value is -1.12. The molecule has 0 heterocycles. The molecule has 0 bridgehead atoms. The number of ether oxygens (including phenoxy) is 1. The molecule has 2 nitrogen and oxygen atoms in total. The zero-order valence-corrected chi connectivity index (χ0v) is 9.49. The molecule has 0 aliphatic carbocycles. The van der Waals surface area contributed by atoms with Crippen LogP contribution in [0.4, 0.5) is 0 Å². The summed E-state index contributed by atoms with van der Waals surface area (Å²) < 4.78 is 5.46. The molecule has 0 fully saturated rings. The van der Waals surface area contributed by atoms with Crippen LogP contribution in [-0.4, -0.2) is 13.7 Å². The first-order valence-electron chi connectivity index (χ1n) is 5.28. The first-order valence-corrected chi connectivity index (χ1v) is 5.28. The Kier molecular flexibility index (Phi) is 5.74. The fourth-order valence-corrected chi connectivity index (χ4v) is 1.30. The monoisotopic (exact) mass is 205 g/mol. The third-order valence-corrected chi connectivity index (χ3v) is 2.12. The number of hydrogen-bond donors (Lipinski definition) is 1. The molecule has 1 N–H and O–H groups in total. The van der Waals surface area contributed by atoms with E-state index in [4.69, 9.17) is 4.74 Å². The van der Waals surface area contributed by atoms with Gasteiger partial charge in [0.1, 0.15) is 0 Å². The number of hydrogen-bond acceptors (Lipinski definition) is 2. The highest BCUT2D eigenvalue weighted by molar-refractivity contribution is 5.21. The molecule has 15 heavy (non-hydrogen) atoms. The van der Waals surface area contributed by atoms with Crippen LogP contribution in [0, 0.1) is 0 Å². The SMILES string of the molecule is C/C=C/COCc1ccc(CNC)cc1. The Morgan fingerprint density at radius 2 is 1.87 bits per heavy atom. The molecule has 0 saturated carbocycles. The summed E-state index contributed by atoms with van der Waals surface area (Å²) in [6.07, 6.45) is 4.01. The maximum atomic E-state index is 5.46. The lowest BCUT2D eigenvalue weighted by atomic mass is 10.1. The Morgan fingerprint density at radius 3 is 2.47 bits per heavy atom. The van der Waals surface area contributed by atoms with E-state index in [9.17, 15) is 0 Å². The van der Waals surface area contributed by atoms with Crippen LogP contribution in [0.25, 0.3) is 0 Å². The standard InChI is InChI=1S/C13H19NO/c1-3-4-9-15-11-13-7-5-12(6-8-13)10-14-2/h3-8,14H,9-11H2,1-2H3/b4-3+. The van der Waals surface area contributed by atoms with E-state index in [1.165, 1.54) is 11.1 Å². The van der Waals surface area contributed by atoms with Gasteiger partial charge >= 0.3 is 0 Å². The maximum Gasteiger partial charge on any atom is 0.0721 e. The molecule has 0 aliphatic heterocycles. The van der Waals surface area contributed by atoms with Crippen molar-refractivity contribution in [1.82, 2.24) is 5.32 Å². The van der Waals surface area contributed by atoms with Gasteiger partial charge in [0.15, 0.2) is 0 Å². The fourth-order valence-electron chi connectivity index (χ4n) is 1.30. The number of benzene rings is 1. The summed E-state index contributed by atoms with van der Waals surface area (Å²) in [5, 5.41) is 3.12. The van der Waals surface area contributed by atoms with Crippen LogP contribution in [0.3, 0.4) is 0 Å². The molecule has 0 amide bonds. The van der Waals surface area contributed by atoms with Crippen molar-refractivity contribution in [2.45, 2.75) is 20.1 Å². The van der Waals surface area contributed by atoms with Gasteiger partial charge in [-0.05, 0) is 25.1 Å². The Balaban J connectivity index is 2.35. The Morgan fingerprint density at radius 1 is 1.20 bits per heavy atom. The van der Waals surface area contributed by atoms with Crippen LogP contribution in [0.2, 0.25) is 0 Å². The van der Waals surface area contributed by atoms with Crippen LogP contribution in [0.5, 0.6) is 0 Å². The Bertz CT molecular complexity index is 290. The molecule has 2 heteroatoms. The van der Waals surface area contributed by atoms with Gasteiger partial charge in [0.2, 0.25) is 0 Å². The Labute approximate surface area is 92.0 Å².